The van der Waals surface area contributed by atoms with Gasteiger partial charge in [0.05, 0.1) is 6.61 Å². The van der Waals surface area contributed by atoms with Crippen LogP contribution in [-0.2, 0) is 14.3 Å². The molecule has 0 heterocycles. The smallest absolute Gasteiger partial charge is 0.336 e. The maximum absolute atomic E-state index is 11.8. The van der Waals surface area contributed by atoms with Gasteiger partial charge in [-0.2, -0.15) is 0 Å². The molecule has 0 aliphatic rings. The lowest BCUT2D eigenvalue weighted by Gasteiger charge is -2.03. The van der Waals surface area contributed by atoms with E-state index in [0.29, 0.717) is 12.4 Å². The van der Waals surface area contributed by atoms with Crippen molar-refractivity contribution >= 4 is 22.7 Å². The first-order valence-corrected chi connectivity index (χ1v) is 8.24. The topological polar surface area (TPSA) is 52.6 Å². The highest BCUT2D eigenvalue weighted by Gasteiger charge is 2.04. The van der Waals surface area contributed by atoms with Crippen LogP contribution < -0.4 is 4.74 Å². The maximum atomic E-state index is 11.8. The van der Waals surface area contributed by atoms with Crippen LogP contribution in [-0.4, -0.2) is 18.5 Å². The van der Waals surface area contributed by atoms with Crippen molar-refractivity contribution in [3.8, 4) is 5.75 Å². The number of esters is 2. The summed E-state index contributed by atoms with van der Waals surface area (Å²) < 4.78 is 10.2. The Labute approximate surface area is 142 Å². The largest absolute Gasteiger partial charge is 0.463 e. The van der Waals surface area contributed by atoms with Gasteiger partial charge in [0.25, 0.3) is 0 Å². The first kappa shape index (κ1) is 17.7. The fourth-order valence-corrected chi connectivity index (χ4v) is 2.27. The predicted octanol–water partition coefficient (Wildman–Crippen LogP) is 4.42. The first-order valence-electron chi connectivity index (χ1n) is 8.24. The zero-order valence-corrected chi connectivity index (χ0v) is 13.9. The summed E-state index contributed by atoms with van der Waals surface area (Å²) in [7, 11) is 0. The molecule has 0 radical (unpaired) electrons. The zero-order chi connectivity index (χ0) is 17.2. The van der Waals surface area contributed by atoms with E-state index < -0.39 is 11.9 Å². The van der Waals surface area contributed by atoms with Crippen molar-refractivity contribution in [2.24, 2.45) is 0 Å². The molecule has 4 nitrogen and oxygen atoms in total. The van der Waals surface area contributed by atoms with Gasteiger partial charge < -0.3 is 9.47 Å². The Morgan fingerprint density at radius 3 is 2.46 bits per heavy atom. The highest BCUT2D eigenvalue weighted by Crippen LogP contribution is 2.20. The van der Waals surface area contributed by atoms with Crippen molar-refractivity contribution in [3.05, 3.63) is 54.6 Å². The van der Waals surface area contributed by atoms with Gasteiger partial charge in [0.2, 0.25) is 0 Å². The molecule has 4 heteroatoms. The van der Waals surface area contributed by atoms with Crippen LogP contribution in [0.4, 0.5) is 0 Å². The fraction of sp³-hybridized carbons (Fsp3) is 0.300. The number of hydrogen-bond acceptors (Lipinski definition) is 4. The van der Waals surface area contributed by atoms with E-state index in [9.17, 15) is 9.59 Å². The molecule has 0 fully saturated rings. The number of ether oxygens (including phenoxy) is 2. The van der Waals surface area contributed by atoms with E-state index in [2.05, 4.69) is 6.92 Å². The highest BCUT2D eigenvalue weighted by atomic mass is 16.5. The summed E-state index contributed by atoms with van der Waals surface area (Å²) in [4.78, 5) is 23.2. The van der Waals surface area contributed by atoms with Gasteiger partial charge in [0.15, 0.2) is 0 Å². The molecule has 126 valence electrons. The average molecular weight is 326 g/mol. The molecular weight excluding hydrogens is 304 g/mol. The number of benzene rings is 2. The zero-order valence-electron chi connectivity index (χ0n) is 13.9. The quantitative estimate of drug-likeness (QED) is 0.312. The molecule has 0 N–H and O–H groups in total. The summed E-state index contributed by atoms with van der Waals surface area (Å²) in [5.74, 6) is -0.688. The molecule has 0 saturated heterocycles. The lowest BCUT2D eigenvalue weighted by molar-refractivity contribution is -0.138. The van der Waals surface area contributed by atoms with Gasteiger partial charge >= 0.3 is 11.9 Å². The number of hydrogen-bond donors (Lipinski definition) is 0. The second-order valence-electron chi connectivity index (χ2n) is 5.49. The first-order chi connectivity index (χ1) is 11.7. The summed E-state index contributed by atoms with van der Waals surface area (Å²) in [6, 6.07) is 13.2. The van der Waals surface area contributed by atoms with E-state index in [1.54, 1.807) is 12.1 Å². The minimum absolute atomic E-state index is 0.378. The van der Waals surface area contributed by atoms with Crippen LogP contribution in [0, 0.1) is 0 Å². The van der Waals surface area contributed by atoms with Crippen molar-refractivity contribution in [2.45, 2.75) is 32.6 Å². The van der Waals surface area contributed by atoms with Crippen molar-refractivity contribution in [1.82, 2.24) is 0 Å². The summed E-state index contributed by atoms with van der Waals surface area (Å²) in [6.07, 6.45) is 6.33. The second-order valence-corrected chi connectivity index (χ2v) is 5.49. The van der Waals surface area contributed by atoms with Crippen LogP contribution in [0.25, 0.3) is 10.8 Å². The molecule has 24 heavy (non-hydrogen) atoms. The summed E-state index contributed by atoms with van der Waals surface area (Å²) in [5, 5.41) is 2.05. The molecule has 0 bridgehead atoms. The number of carbonyl (C=O) groups excluding carboxylic acids is 2. The number of carbonyl (C=O) groups is 2. The predicted molar refractivity (Wildman–Crippen MR) is 93.8 cm³/mol. The van der Waals surface area contributed by atoms with Crippen molar-refractivity contribution in [1.29, 1.82) is 0 Å². The molecule has 2 aromatic rings. The van der Waals surface area contributed by atoms with E-state index in [0.717, 1.165) is 48.6 Å². The summed E-state index contributed by atoms with van der Waals surface area (Å²) >= 11 is 0. The van der Waals surface area contributed by atoms with E-state index in [-0.39, 0.29) is 0 Å². The third-order valence-corrected chi connectivity index (χ3v) is 3.54. The third-order valence-electron chi connectivity index (χ3n) is 3.54. The van der Waals surface area contributed by atoms with Gasteiger partial charge in [-0.25, -0.2) is 9.59 Å². The lowest BCUT2D eigenvalue weighted by atomic mass is 10.1. The standard InChI is InChI=1S/C20H22O4/c1-2-3-4-7-14-23-19(21)12-13-20(22)24-18-11-10-16-8-5-6-9-17(16)15-18/h5-6,8-13,15H,2-4,7,14H2,1H3/b13-12+. The Hall–Kier alpha value is -2.62. The maximum Gasteiger partial charge on any atom is 0.336 e. The number of fused-ring (bicyclic) bond motifs is 1. The average Bonchev–Trinajstić information content (AvgIpc) is 2.59. The second kappa shape index (κ2) is 9.50. The van der Waals surface area contributed by atoms with Crippen LogP contribution >= 0.6 is 0 Å². The Morgan fingerprint density at radius 2 is 1.67 bits per heavy atom. The third kappa shape index (κ3) is 5.88. The van der Waals surface area contributed by atoms with Crippen molar-refractivity contribution in [2.75, 3.05) is 6.61 Å². The molecule has 0 unspecified atom stereocenters. The van der Waals surface area contributed by atoms with Gasteiger partial charge in [-0.15, -0.1) is 0 Å². The molecule has 2 aromatic carbocycles. The van der Waals surface area contributed by atoms with E-state index in [4.69, 9.17) is 9.47 Å². The van der Waals surface area contributed by atoms with E-state index in [1.165, 1.54) is 0 Å². The minimum atomic E-state index is -0.604. The van der Waals surface area contributed by atoms with Crippen molar-refractivity contribution < 1.29 is 19.1 Å². The van der Waals surface area contributed by atoms with Crippen molar-refractivity contribution in [3.63, 3.8) is 0 Å². The lowest BCUT2D eigenvalue weighted by Crippen LogP contribution is -2.07. The highest BCUT2D eigenvalue weighted by molar-refractivity contribution is 5.93. The SMILES string of the molecule is CCCCCCOC(=O)/C=C/C(=O)Oc1ccc2ccccc2c1. The number of unbranched alkanes of at least 4 members (excludes halogenated alkanes) is 3. The van der Waals surface area contributed by atoms with Crippen LogP contribution in [0.2, 0.25) is 0 Å². The monoisotopic (exact) mass is 326 g/mol. The molecule has 0 saturated carbocycles. The Morgan fingerprint density at radius 1 is 0.917 bits per heavy atom. The van der Waals surface area contributed by atoms with Gasteiger partial charge in [0.1, 0.15) is 5.75 Å². The number of rotatable bonds is 8. The minimum Gasteiger partial charge on any atom is -0.463 e. The fourth-order valence-electron chi connectivity index (χ4n) is 2.27. The molecule has 0 atom stereocenters. The van der Waals surface area contributed by atoms with Gasteiger partial charge in [-0.1, -0.05) is 56.5 Å². The van der Waals surface area contributed by atoms with Gasteiger partial charge in [0, 0.05) is 12.2 Å². The normalized spacial score (nSPS) is 10.9. The molecule has 0 aliphatic heterocycles. The molecule has 0 aromatic heterocycles. The van der Waals surface area contributed by atoms with Gasteiger partial charge in [-0.05, 0) is 29.3 Å². The Bertz CT molecular complexity index is 718. The van der Waals surface area contributed by atoms with Crippen LogP contribution in [0.5, 0.6) is 5.75 Å². The van der Waals surface area contributed by atoms with Crippen LogP contribution in [0.3, 0.4) is 0 Å². The Balaban J connectivity index is 1.79. The molecular formula is C20H22O4. The molecule has 0 spiro atoms. The summed E-state index contributed by atoms with van der Waals surface area (Å²) in [5.41, 5.74) is 0. The van der Waals surface area contributed by atoms with Crippen LogP contribution in [0.1, 0.15) is 32.6 Å². The molecule has 0 amide bonds. The Kier molecular flexibility index (Phi) is 7.02. The molecule has 0 aliphatic carbocycles. The van der Waals surface area contributed by atoms with Gasteiger partial charge in [-0.3, -0.25) is 0 Å². The summed E-state index contributed by atoms with van der Waals surface area (Å²) in [6.45, 7) is 2.50. The molecule has 2 rings (SSSR count). The van der Waals surface area contributed by atoms with E-state index in [1.807, 2.05) is 30.3 Å². The van der Waals surface area contributed by atoms with Crippen LogP contribution in [0.15, 0.2) is 54.6 Å². The van der Waals surface area contributed by atoms with E-state index >= 15 is 0 Å².